The van der Waals surface area contributed by atoms with Crippen molar-refractivity contribution in [3.05, 3.63) is 36.6 Å². The molecule has 73 valence electrons. The van der Waals surface area contributed by atoms with Gasteiger partial charge in [-0.05, 0) is 18.9 Å². The summed E-state index contributed by atoms with van der Waals surface area (Å²) in [5, 5.41) is 9.88. The molecule has 1 nitrogen and oxygen atoms in total. The molecule has 0 aliphatic heterocycles. The van der Waals surface area contributed by atoms with E-state index in [9.17, 15) is 5.11 Å². The lowest BCUT2D eigenvalue weighted by molar-refractivity contribution is 0.352. The number of rotatable bonds is 7. The maximum Gasteiger partial charge on any atom is 0.142 e. The molecule has 1 heteroatoms. The zero-order valence-corrected chi connectivity index (χ0v) is 8.41. The largest absolute Gasteiger partial charge is 0.299 e. The van der Waals surface area contributed by atoms with Crippen molar-refractivity contribution < 1.29 is 5.11 Å². The molecule has 0 aromatic carbocycles. The van der Waals surface area contributed by atoms with Gasteiger partial charge >= 0.3 is 0 Å². The summed E-state index contributed by atoms with van der Waals surface area (Å²) in [6.45, 7) is 2.22. The van der Waals surface area contributed by atoms with Gasteiger partial charge in [-0.3, -0.25) is 5.11 Å². The summed E-state index contributed by atoms with van der Waals surface area (Å²) >= 11 is 0. The van der Waals surface area contributed by atoms with Crippen LogP contribution in [0.4, 0.5) is 0 Å². The van der Waals surface area contributed by atoms with Gasteiger partial charge in [-0.25, -0.2) is 0 Å². The Hall–Kier alpha value is -0.980. The van der Waals surface area contributed by atoms with E-state index in [4.69, 9.17) is 0 Å². The maximum atomic E-state index is 9.88. The zero-order chi connectivity index (χ0) is 9.78. The standard InChI is InChI=1S/C12H19O/c1-2-3-4-5-6-7-8-9-10-11-12-13/h7-12H,2-6H2,1H3. The molecular weight excluding hydrogens is 160 g/mol. The number of allylic oxidation sites excluding steroid dienone is 5. The second kappa shape index (κ2) is 11.0. The molecule has 0 amide bonds. The lowest BCUT2D eigenvalue weighted by atomic mass is 10.1. The first-order valence-electron chi connectivity index (χ1n) is 5.02. The van der Waals surface area contributed by atoms with Crippen LogP contribution >= 0.6 is 0 Å². The fraction of sp³-hybridized carbons (Fsp3) is 0.500. The van der Waals surface area contributed by atoms with Crippen molar-refractivity contribution in [3.8, 4) is 0 Å². The molecule has 0 saturated heterocycles. The number of hydrogen-bond donors (Lipinski definition) is 0. The molecular formula is C12H19O. The van der Waals surface area contributed by atoms with Crippen LogP contribution in [0.15, 0.2) is 36.6 Å². The van der Waals surface area contributed by atoms with Crippen molar-refractivity contribution in [1.82, 2.24) is 0 Å². The van der Waals surface area contributed by atoms with Crippen molar-refractivity contribution in [2.75, 3.05) is 0 Å². The molecule has 13 heavy (non-hydrogen) atoms. The monoisotopic (exact) mass is 179 g/mol. The van der Waals surface area contributed by atoms with Gasteiger partial charge in [-0.15, -0.1) is 0 Å². The molecule has 0 saturated carbocycles. The summed E-state index contributed by atoms with van der Waals surface area (Å²) in [7, 11) is 0. The van der Waals surface area contributed by atoms with Crippen molar-refractivity contribution in [2.45, 2.75) is 39.0 Å². The highest BCUT2D eigenvalue weighted by Crippen LogP contribution is 2.02. The van der Waals surface area contributed by atoms with Crippen molar-refractivity contribution in [2.24, 2.45) is 0 Å². The van der Waals surface area contributed by atoms with Gasteiger partial charge < -0.3 is 0 Å². The fourth-order valence-corrected chi connectivity index (χ4v) is 1.04. The van der Waals surface area contributed by atoms with Crippen LogP contribution in [0.25, 0.3) is 0 Å². The lowest BCUT2D eigenvalue weighted by Crippen LogP contribution is -1.72. The normalized spacial score (nSPS) is 12.4. The minimum atomic E-state index is 0.783. The van der Waals surface area contributed by atoms with Crippen LogP contribution in [0.1, 0.15) is 39.0 Å². The van der Waals surface area contributed by atoms with Crippen molar-refractivity contribution >= 4 is 0 Å². The third-order valence-electron chi connectivity index (χ3n) is 1.77. The third kappa shape index (κ3) is 11.0. The second-order valence-corrected chi connectivity index (χ2v) is 2.99. The molecule has 0 aromatic rings. The van der Waals surface area contributed by atoms with Crippen molar-refractivity contribution in [3.63, 3.8) is 0 Å². The average molecular weight is 179 g/mol. The van der Waals surface area contributed by atoms with Gasteiger partial charge in [0, 0.05) is 0 Å². The predicted molar refractivity (Wildman–Crippen MR) is 56.9 cm³/mol. The van der Waals surface area contributed by atoms with E-state index in [1.807, 2.05) is 12.2 Å². The van der Waals surface area contributed by atoms with Crippen LogP contribution in [-0.4, -0.2) is 0 Å². The summed E-state index contributed by atoms with van der Waals surface area (Å²) in [5.41, 5.74) is 0. The van der Waals surface area contributed by atoms with E-state index in [1.165, 1.54) is 31.8 Å². The number of hydrogen-bond acceptors (Lipinski definition) is 0. The highest BCUT2D eigenvalue weighted by molar-refractivity contribution is 5.09. The molecule has 0 unspecified atom stereocenters. The SMILES string of the molecule is CCCCCCC=CC=CC=C[O]. The zero-order valence-electron chi connectivity index (χ0n) is 8.41. The van der Waals surface area contributed by atoms with E-state index in [0.29, 0.717) is 0 Å². The molecule has 0 bridgehead atoms. The first kappa shape index (κ1) is 12.0. The van der Waals surface area contributed by atoms with Gasteiger partial charge in [0.15, 0.2) is 0 Å². The molecule has 1 radical (unpaired) electrons. The topological polar surface area (TPSA) is 19.9 Å². The molecule has 0 atom stereocenters. The second-order valence-electron chi connectivity index (χ2n) is 2.99. The number of unbranched alkanes of at least 4 members (excludes halogenated alkanes) is 4. The van der Waals surface area contributed by atoms with E-state index in [0.717, 1.165) is 12.7 Å². The van der Waals surface area contributed by atoms with E-state index in [-0.39, 0.29) is 0 Å². The maximum absolute atomic E-state index is 9.88. The quantitative estimate of drug-likeness (QED) is 0.319. The smallest absolute Gasteiger partial charge is 0.142 e. The molecule has 0 heterocycles. The van der Waals surface area contributed by atoms with Crippen LogP contribution in [0.5, 0.6) is 0 Å². The fourth-order valence-electron chi connectivity index (χ4n) is 1.04. The van der Waals surface area contributed by atoms with Gasteiger partial charge in [0.25, 0.3) is 0 Å². The van der Waals surface area contributed by atoms with Crippen LogP contribution < -0.4 is 0 Å². The first-order valence-corrected chi connectivity index (χ1v) is 5.02. The highest BCUT2D eigenvalue weighted by Gasteiger charge is 1.82. The molecule has 0 rings (SSSR count). The Labute approximate surface area is 81.5 Å². The Morgan fingerprint density at radius 1 is 0.923 bits per heavy atom. The first-order chi connectivity index (χ1) is 6.41. The molecule has 0 fully saturated rings. The van der Waals surface area contributed by atoms with E-state index < -0.39 is 0 Å². The lowest BCUT2D eigenvalue weighted by Gasteiger charge is -1.92. The van der Waals surface area contributed by atoms with Crippen LogP contribution in [0.2, 0.25) is 0 Å². The van der Waals surface area contributed by atoms with Gasteiger partial charge in [0.05, 0.1) is 0 Å². The Morgan fingerprint density at radius 3 is 2.38 bits per heavy atom. The average Bonchev–Trinajstić information content (AvgIpc) is 2.16. The third-order valence-corrected chi connectivity index (χ3v) is 1.77. The minimum Gasteiger partial charge on any atom is -0.299 e. The van der Waals surface area contributed by atoms with Gasteiger partial charge in [0.2, 0.25) is 0 Å². The molecule has 0 spiro atoms. The van der Waals surface area contributed by atoms with Crippen molar-refractivity contribution in [1.29, 1.82) is 0 Å². The van der Waals surface area contributed by atoms with E-state index in [2.05, 4.69) is 13.0 Å². The van der Waals surface area contributed by atoms with Gasteiger partial charge in [-0.2, -0.15) is 0 Å². The Bertz CT molecular complexity index is 166. The summed E-state index contributed by atoms with van der Waals surface area (Å²) in [6.07, 6.45) is 16.4. The minimum absolute atomic E-state index is 0.783. The van der Waals surface area contributed by atoms with Crippen LogP contribution in [0.3, 0.4) is 0 Å². The Balaban J connectivity index is 3.21. The summed E-state index contributed by atoms with van der Waals surface area (Å²) < 4.78 is 0. The summed E-state index contributed by atoms with van der Waals surface area (Å²) in [5.74, 6) is 0. The van der Waals surface area contributed by atoms with Crippen LogP contribution in [-0.2, 0) is 5.11 Å². The molecule has 0 aromatic heterocycles. The highest BCUT2D eigenvalue weighted by atomic mass is 16.2. The molecule has 0 N–H and O–H groups in total. The Kier molecular flexibility index (Phi) is 10.2. The van der Waals surface area contributed by atoms with Gasteiger partial charge in [0.1, 0.15) is 6.26 Å². The van der Waals surface area contributed by atoms with E-state index in [1.54, 1.807) is 6.08 Å². The Morgan fingerprint density at radius 2 is 1.69 bits per heavy atom. The molecule has 0 aliphatic rings. The molecule has 0 aliphatic carbocycles. The summed E-state index contributed by atoms with van der Waals surface area (Å²) in [4.78, 5) is 0. The summed E-state index contributed by atoms with van der Waals surface area (Å²) in [6, 6.07) is 0. The van der Waals surface area contributed by atoms with Gasteiger partial charge in [-0.1, -0.05) is 50.5 Å². The van der Waals surface area contributed by atoms with E-state index >= 15 is 0 Å². The predicted octanol–water partition coefficient (Wildman–Crippen LogP) is 4.01. The van der Waals surface area contributed by atoms with Crippen LogP contribution in [0, 0.1) is 0 Å².